The lowest BCUT2D eigenvalue weighted by Gasteiger charge is -2.36. The van der Waals surface area contributed by atoms with Crippen LogP contribution in [0.1, 0.15) is 41.0 Å². The fourth-order valence-corrected chi connectivity index (χ4v) is 2.04. The van der Waals surface area contributed by atoms with E-state index >= 15 is 0 Å². The van der Waals surface area contributed by atoms with Crippen molar-refractivity contribution in [1.82, 2.24) is 4.90 Å². The summed E-state index contributed by atoms with van der Waals surface area (Å²) in [6, 6.07) is 0.951. The number of hydrogen-bond acceptors (Lipinski definition) is 3. The Kier molecular flexibility index (Phi) is 5.64. The van der Waals surface area contributed by atoms with Crippen LogP contribution in [0.3, 0.4) is 0 Å². The van der Waals surface area contributed by atoms with Crippen LogP contribution in [0.4, 0.5) is 0 Å². The minimum Gasteiger partial charge on any atom is -0.394 e. The average Bonchev–Trinajstić information content (AvgIpc) is 2.03. The van der Waals surface area contributed by atoms with Crippen molar-refractivity contribution >= 4 is 0 Å². The maximum absolute atomic E-state index is 9.09. The summed E-state index contributed by atoms with van der Waals surface area (Å²) in [6.45, 7) is 11.7. The van der Waals surface area contributed by atoms with Gasteiger partial charge in [0.25, 0.3) is 0 Å². The Balaban J connectivity index is 4.23. The molecular formula is C11H26N2O. The van der Waals surface area contributed by atoms with Crippen molar-refractivity contribution in [2.24, 2.45) is 5.73 Å². The zero-order valence-electron chi connectivity index (χ0n) is 10.2. The fraction of sp³-hybridized carbons (Fsp3) is 1.00. The third-order valence-electron chi connectivity index (χ3n) is 2.72. The maximum atomic E-state index is 9.09. The van der Waals surface area contributed by atoms with Gasteiger partial charge in [-0.05, 0) is 40.7 Å². The zero-order valence-corrected chi connectivity index (χ0v) is 10.2. The van der Waals surface area contributed by atoms with Crippen molar-refractivity contribution in [2.75, 3.05) is 13.2 Å². The first-order valence-electron chi connectivity index (χ1n) is 5.49. The van der Waals surface area contributed by atoms with Gasteiger partial charge < -0.3 is 10.8 Å². The number of nitrogens with two attached hydrogens (primary N) is 1. The third-order valence-corrected chi connectivity index (χ3v) is 2.72. The Hall–Kier alpha value is -0.120. The van der Waals surface area contributed by atoms with E-state index in [0.29, 0.717) is 12.1 Å². The zero-order chi connectivity index (χ0) is 11.4. The van der Waals surface area contributed by atoms with Crippen LogP contribution in [0, 0.1) is 0 Å². The van der Waals surface area contributed by atoms with Crippen molar-refractivity contribution in [1.29, 1.82) is 0 Å². The van der Waals surface area contributed by atoms with E-state index in [0.717, 1.165) is 13.0 Å². The molecule has 0 radical (unpaired) electrons. The average molecular weight is 202 g/mol. The van der Waals surface area contributed by atoms with Crippen molar-refractivity contribution in [3.63, 3.8) is 0 Å². The lowest BCUT2D eigenvalue weighted by atomic mass is 9.94. The molecule has 0 aliphatic carbocycles. The van der Waals surface area contributed by atoms with Crippen LogP contribution in [0.2, 0.25) is 0 Å². The summed E-state index contributed by atoms with van der Waals surface area (Å²) < 4.78 is 0. The first-order valence-corrected chi connectivity index (χ1v) is 5.49. The Morgan fingerprint density at radius 2 is 1.86 bits per heavy atom. The molecule has 0 fully saturated rings. The first-order chi connectivity index (χ1) is 6.34. The number of nitrogens with zero attached hydrogens (tertiary/aromatic N) is 1. The third kappa shape index (κ3) is 4.40. The van der Waals surface area contributed by atoms with Crippen LogP contribution in [0.15, 0.2) is 0 Å². The van der Waals surface area contributed by atoms with Gasteiger partial charge in [0.15, 0.2) is 0 Å². The molecular weight excluding hydrogens is 176 g/mol. The molecule has 0 spiro atoms. The van der Waals surface area contributed by atoms with Crippen molar-refractivity contribution < 1.29 is 5.11 Å². The first kappa shape index (κ1) is 13.9. The minimum atomic E-state index is -0.457. The highest BCUT2D eigenvalue weighted by molar-refractivity contribution is 4.84. The summed E-state index contributed by atoms with van der Waals surface area (Å²) in [5, 5.41) is 9.09. The van der Waals surface area contributed by atoms with E-state index in [4.69, 9.17) is 10.8 Å². The van der Waals surface area contributed by atoms with Gasteiger partial charge in [0, 0.05) is 17.6 Å². The van der Waals surface area contributed by atoms with Gasteiger partial charge in [-0.2, -0.15) is 0 Å². The van der Waals surface area contributed by atoms with Gasteiger partial charge in [0.05, 0.1) is 6.61 Å². The molecule has 0 bridgehead atoms. The highest BCUT2D eigenvalue weighted by atomic mass is 16.3. The van der Waals surface area contributed by atoms with E-state index in [1.54, 1.807) is 0 Å². The van der Waals surface area contributed by atoms with Crippen LogP contribution in [0.25, 0.3) is 0 Å². The standard InChI is InChI=1S/C11H26N2O/c1-6-13(9(2)3)10(4)7-11(5,12)8-14/h9-10,14H,6-8,12H2,1-5H3. The van der Waals surface area contributed by atoms with Gasteiger partial charge >= 0.3 is 0 Å². The van der Waals surface area contributed by atoms with Gasteiger partial charge in [-0.25, -0.2) is 0 Å². The van der Waals surface area contributed by atoms with E-state index < -0.39 is 5.54 Å². The molecule has 0 rings (SSSR count). The monoisotopic (exact) mass is 202 g/mol. The Morgan fingerprint density at radius 3 is 2.14 bits per heavy atom. The van der Waals surface area contributed by atoms with Crippen molar-refractivity contribution in [2.45, 2.75) is 58.7 Å². The SMILES string of the molecule is CCN(C(C)C)C(C)CC(C)(N)CO. The molecule has 0 aromatic rings. The molecule has 14 heavy (non-hydrogen) atoms. The molecule has 0 aliphatic heterocycles. The van der Waals surface area contributed by atoms with E-state index in [1.807, 2.05) is 6.92 Å². The molecule has 0 saturated carbocycles. The summed E-state index contributed by atoms with van der Waals surface area (Å²) in [7, 11) is 0. The Bertz CT molecular complexity index is 157. The summed E-state index contributed by atoms with van der Waals surface area (Å²) in [4.78, 5) is 2.39. The molecule has 2 unspecified atom stereocenters. The molecule has 0 aromatic heterocycles. The molecule has 0 heterocycles. The molecule has 3 N–H and O–H groups in total. The fourth-order valence-electron chi connectivity index (χ4n) is 2.04. The molecule has 0 aromatic carbocycles. The quantitative estimate of drug-likeness (QED) is 0.680. The predicted octanol–water partition coefficient (Wildman–Crippen LogP) is 1.20. The Labute approximate surface area is 88.3 Å². The summed E-state index contributed by atoms with van der Waals surface area (Å²) in [5.74, 6) is 0. The van der Waals surface area contributed by atoms with Crippen LogP contribution < -0.4 is 5.73 Å². The summed E-state index contributed by atoms with van der Waals surface area (Å²) >= 11 is 0. The lowest BCUT2D eigenvalue weighted by molar-refractivity contribution is 0.119. The van der Waals surface area contributed by atoms with Crippen LogP contribution in [-0.4, -0.2) is 40.8 Å². The van der Waals surface area contributed by atoms with Crippen molar-refractivity contribution in [3.05, 3.63) is 0 Å². The van der Waals surface area contributed by atoms with Crippen LogP contribution in [-0.2, 0) is 0 Å². The molecule has 3 heteroatoms. The summed E-state index contributed by atoms with van der Waals surface area (Å²) in [5.41, 5.74) is 5.48. The van der Waals surface area contributed by atoms with Gasteiger partial charge in [-0.3, -0.25) is 4.90 Å². The summed E-state index contributed by atoms with van der Waals surface area (Å²) in [6.07, 6.45) is 0.829. The van der Waals surface area contributed by atoms with Crippen molar-refractivity contribution in [3.8, 4) is 0 Å². The molecule has 2 atom stereocenters. The maximum Gasteiger partial charge on any atom is 0.0609 e. The second-order valence-electron chi connectivity index (χ2n) is 4.79. The van der Waals surface area contributed by atoms with Gasteiger partial charge in [0.1, 0.15) is 0 Å². The second kappa shape index (κ2) is 5.69. The number of aliphatic hydroxyl groups is 1. The van der Waals surface area contributed by atoms with E-state index in [1.165, 1.54) is 0 Å². The molecule has 86 valence electrons. The molecule has 0 amide bonds. The van der Waals surface area contributed by atoms with Crippen LogP contribution >= 0.6 is 0 Å². The number of aliphatic hydroxyl groups excluding tert-OH is 1. The lowest BCUT2D eigenvalue weighted by Crippen LogP contribution is -2.48. The van der Waals surface area contributed by atoms with Crippen LogP contribution in [0.5, 0.6) is 0 Å². The normalized spacial score (nSPS) is 18.6. The molecule has 0 saturated heterocycles. The Morgan fingerprint density at radius 1 is 1.36 bits per heavy atom. The van der Waals surface area contributed by atoms with Gasteiger partial charge in [0.2, 0.25) is 0 Å². The van der Waals surface area contributed by atoms with E-state index in [-0.39, 0.29) is 6.61 Å². The van der Waals surface area contributed by atoms with Gasteiger partial charge in [-0.1, -0.05) is 6.92 Å². The smallest absolute Gasteiger partial charge is 0.0609 e. The predicted molar refractivity (Wildman–Crippen MR) is 61.3 cm³/mol. The molecule has 3 nitrogen and oxygen atoms in total. The molecule has 0 aliphatic rings. The van der Waals surface area contributed by atoms with Gasteiger partial charge in [-0.15, -0.1) is 0 Å². The minimum absolute atomic E-state index is 0.0486. The largest absolute Gasteiger partial charge is 0.394 e. The highest BCUT2D eigenvalue weighted by Gasteiger charge is 2.24. The topological polar surface area (TPSA) is 49.5 Å². The van der Waals surface area contributed by atoms with E-state index in [2.05, 4.69) is 32.6 Å². The number of rotatable bonds is 6. The highest BCUT2D eigenvalue weighted by Crippen LogP contribution is 2.15. The number of hydrogen-bond donors (Lipinski definition) is 2. The van der Waals surface area contributed by atoms with E-state index in [9.17, 15) is 0 Å². The second-order valence-corrected chi connectivity index (χ2v) is 4.79.